The Kier molecular flexibility index (Phi) is 5.41. The third-order valence-corrected chi connectivity index (χ3v) is 2.73. The molecule has 0 amide bonds. The molecule has 15 heavy (non-hydrogen) atoms. The highest BCUT2D eigenvalue weighted by Crippen LogP contribution is 2.07. The lowest BCUT2D eigenvalue weighted by Gasteiger charge is -2.12. The summed E-state index contributed by atoms with van der Waals surface area (Å²) in [5.74, 6) is 0. The average Bonchev–Trinajstić information content (AvgIpc) is 2.25. The topological polar surface area (TPSA) is 12.0 Å². The molecule has 0 aliphatic carbocycles. The average molecular weight is 205 g/mol. The van der Waals surface area contributed by atoms with Crippen molar-refractivity contribution in [3.63, 3.8) is 0 Å². The van der Waals surface area contributed by atoms with Crippen molar-refractivity contribution in [2.75, 3.05) is 6.54 Å². The minimum atomic E-state index is 0.631. The van der Waals surface area contributed by atoms with Crippen LogP contribution in [0.4, 0.5) is 0 Å². The van der Waals surface area contributed by atoms with Crippen molar-refractivity contribution < 1.29 is 0 Å². The second-order valence-corrected chi connectivity index (χ2v) is 4.38. The fraction of sp³-hybridized carbons (Fsp3) is 0.571. The zero-order valence-corrected chi connectivity index (χ0v) is 10.2. The van der Waals surface area contributed by atoms with Gasteiger partial charge < -0.3 is 5.32 Å². The number of hydrogen-bond acceptors (Lipinski definition) is 1. The fourth-order valence-corrected chi connectivity index (χ4v) is 1.63. The predicted molar refractivity (Wildman–Crippen MR) is 67.3 cm³/mol. The van der Waals surface area contributed by atoms with Gasteiger partial charge in [-0.25, -0.2) is 0 Å². The van der Waals surface area contributed by atoms with E-state index in [4.69, 9.17) is 0 Å². The molecule has 0 aliphatic heterocycles. The first-order chi connectivity index (χ1) is 7.22. The van der Waals surface area contributed by atoms with Gasteiger partial charge in [-0.2, -0.15) is 0 Å². The van der Waals surface area contributed by atoms with E-state index in [1.54, 1.807) is 0 Å². The SMILES string of the molecule is CCCNC(C)CCc1ccc(C)cc1. The molecule has 1 aromatic rings. The molecule has 0 spiro atoms. The van der Waals surface area contributed by atoms with Crippen LogP contribution in [0.25, 0.3) is 0 Å². The minimum Gasteiger partial charge on any atom is -0.314 e. The van der Waals surface area contributed by atoms with E-state index in [-0.39, 0.29) is 0 Å². The van der Waals surface area contributed by atoms with Gasteiger partial charge in [-0.05, 0) is 45.2 Å². The maximum Gasteiger partial charge on any atom is 0.00418 e. The van der Waals surface area contributed by atoms with Gasteiger partial charge in [0.05, 0.1) is 0 Å². The van der Waals surface area contributed by atoms with Crippen molar-refractivity contribution in [3.05, 3.63) is 35.4 Å². The molecular formula is C14H23N. The molecule has 0 heterocycles. The van der Waals surface area contributed by atoms with Crippen LogP contribution in [-0.2, 0) is 6.42 Å². The first kappa shape index (κ1) is 12.3. The van der Waals surface area contributed by atoms with E-state index in [1.165, 1.54) is 30.4 Å². The summed E-state index contributed by atoms with van der Waals surface area (Å²) in [5.41, 5.74) is 2.79. The van der Waals surface area contributed by atoms with Crippen molar-refractivity contribution in [2.45, 2.75) is 46.1 Å². The Balaban J connectivity index is 2.27. The molecule has 0 aromatic heterocycles. The number of benzene rings is 1. The van der Waals surface area contributed by atoms with Crippen molar-refractivity contribution in [3.8, 4) is 0 Å². The van der Waals surface area contributed by atoms with Crippen LogP contribution >= 0.6 is 0 Å². The summed E-state index contributed by atoms with van der Waals surface area (Å²) in [6.07, 6.45) is 3.62. The molecule has 0 aliphatic rings. The molecule has 0 fully saturated rings. The summed E-state index contributed by atoms with van der Waals surface area (Å²) in [4.78, 5) is 0. The standard InChI is InChI=1S/C14H23N/c1-4-11-15-13(3)7-10-14-8-5-12(2)6-9-14/h5-6,8-9,13,15H,4,7,10-11H2,1-3H3. The normalized spacial score (nSPS) is 12.7. The summed E-state index contributed by atoms with van der Waals surface area (Å²) in [6.45, 7) is 7.74. The Hall–Kier alpha value is -0.820. The Bertz CT molecular complexity index is 263. The van der Waals surface area contributed by atoms with Gasteiger partial charge in [-0.1, -0.05) is 36.8 Å². The lowest BCUT2D eigenvalue weighted by molar-refractivity contribution is 0.514. The van der Waals surface area contributed by atoms with Crippen LogP contribution in [0.3, 0.4) is 0 Å². The first-order valence-electron chi connectivity index (χ1n) is 6.01. The lowest BCUT2D eigenvalue weighted by atomic mass is 10.0. The van der Waals surface area contributed by atoms with Crippen molar-refractivity contribution in [1.82, 2.24) is 5.32 Å². The molecule has 0 saturated heterocycles. The van der Waals surface area contributed by atoms with Crippen LogP contribution in [-0.4, -0.2) is 12.6 Å². The predicted octanol–water partition coefficient (Wildman–Crippen LogP) is 3.32. The second-order valence-electron chi connectivity index (χ2n) is 4.38. The summed E-state index contributed by atoms with van der Waals surface area (Å²) >= 11 is 0. The largest absolute Gasteiger partial charge is 0.314 e. The van der Waals surface area contributed by atoms with E-state index in [9.17, 15) is 0 Å². The molecule has 1 heteroatoms. The zero-order chi connectivity index (χ0) is 11.1. The highest BCUT2D eigenvalue weighted by molar-refractivity contribution is 5.21. The number of rotatable bonds is 6. The van der Waals surface area contributed by atoms with E-state index < -0.39 is 0 Å². The number of hydrogen-bond donors (Lipinski definition) is 1. The summed E-state index contributed by atoms with van der Waals surface area (Å²) in [7, 11) is 0. The van der Waals surface area contributed by atoms with Gasteiger partial charge in [-0.3, -0.25) is 0 Å². The third-order valence-electron chi connectivity index (χ3n) is 2.73. The van der Waals surface area contributed by atoms with E-state index in [2.05, 4.69) is 50.4 Å². The molecule has 1 atom stereocenters. The minimum absolute atomic E-state index is 0.631. The smallest absolute Gasteiger partial charge is 0.00418 e. The molecular weight excluding hydrogens is 182 g/mol. The third kappa shape index (κ3) is 4.98. The second kappa shape index (κ2) is 6.62. The van der Waals surface area contributed by atoms with Crippen LogP contribution in [0.1, 0.15) is 37.8 Å². The Morgan fingerprint density at radius 3 is 2.47 bits per heavy atom. The molecule has 1 rings (SSSR count). The monoisotopic (exact) mass is 205 g/mol. The van der Waals surface area contributed by atoms with Gasteiger partial charge in [0.2, 0.25) is 0 Å². The van der Waals surface area contributed by atoms with E-state index in [1.807, 2.05) is 0 Å². The van der Waals surface area contributed by atoms with E-state index in [0.717, 1.165) is 6.54 Å². The molecule has 1 nitrogen and oxygen atoms in total. The van der Waals surface area contributed by atoms with Gasteiger partial charge in [0, 0.05) is 6.04 Å². The quantitative estimate of drug-likeness (QED) is 0.751. The van der Waals surface area contributed by atoms with E-state index >= 15 is 0 Å². The van der Waals surface area contributed by atoms with Gasteiger partial charge in [0.1, 0.15) is 0 Å². The highest BCUT2D eigenvalue weighted by Gasteiger charge is 2.00. The van der Waals surface area contributed by atoms with Crippen molar-refractivity contribution in [2.24, 2.45) is 0 Å². The maximum absolute atomic E-state index is 3.51. The highest BCUT2D eigenvalue weighted by atomic mass is 14.9. The first-order valence-corrected chi connectivity index (χ1v) is 6.01. The van der Waals surface area contributed by atoms with Crippen molar-refractivity contribution >= 4 is 0 Å². The molecule has 0 radical (unpaired) electrons. The zero-order valence-electron chi connectivity index (χ0n) is 10.2. The van der Waals surface area contributed by atoms with Crippen LogP contribution in [0.2, 0.25) is 0 Å². The molecule has 1 unspecified atom stereocenters. The van der Waals surface area contributed by atoms with Gasteiger partial charge in [-0.15, -0.1) is 0 Å². The summed E-state index contributed by atoms with van der Waals surface area (Å²) < 4.78 is 0. The van der Waals surface area contributed by atoms with Crippen LogP contribution < -0.4 is 5.32 Å². The molecule has 1 N–H and O–H groups in total. The van der Waals surface area contributed by atoms with Crippen LogP contribution in [0.5, 0.6) is 0 Å². The van der Waals surface area contributed by atoms with Crippen LogP contribution in [0.15, 0.2) is 24.3 Å². The molecule has 0 saturated carbocycles. The summed E-state index contributed by atoms with van der Waals surface area (Å²) in [5, 5.41) is 3.51. The fourth-order valence-electron chi connectivity index (χ4n) is 1.63. The van der Waals surface area contributed by atoms with Gasteiger partial charge in [0.25, 0.3) is 0 Å². The molecule has 84 valence electrons. The molecule has 0 bridgehead atoms. The van der Waals surface area contributed by atoms with Gasteiger partial charge >= 0.3 is 0 Å². The number of nitrogens with one attached hydrogen (secondary N) is 1. The Labute approximate surface area is 93.9 Å². The Morgan fingerprint density at radius 2 is 1.87 bits per heavy atom. The Morgan fingerprint density at radius 1 is 1.20 bits per heavy atom. The van der Waals surface area contributed by atoms with Gasteiger partial charge in [0.15, 0.2) is 0 Å². The van der Waals surface area contributed by atoms with Crippen LogP contribution in [0, 0.1) is 6.92 Å². The van der Waals surface area contributed by atoms with E-state index in [0.29, 0.717) is 6.04 Å². The van der Waals surface area contributed by atoms with Crippen molar-refractivity contribution in [1.29, 1.82) is 0 Å². The summed E-state index contributed by atoms with van der Waals surface area (Å²) in [6, 6.07) is 9.49. The molecule has 1 aromatic carbocycles. The lowest BCUT2D eigenvalue weighted by Crippen LogP contribution is -2.27. The number of aryl methyl sites for hydroxylation is 2. The maximum atomic E-state index is 3.51.